The maximum absolute atomic E-state index is 12.7. The first-order valence-electron chi connectivity index (χ1n) is 11.2. The molecule has 6 rings (SSSR count). The number of imidazole rings is 1. The highest BCUT2D eigenvalue weighted by Gasteiger charge is 2.42. The molecule has 0 aliphatic heterocycles. The predicted octanol–water partition coefficient (Wildman–Crippen LogP) is 4.80. The SMILES string of the molecule is CC1C(=O)C(C#N)=CC2c3nc(-c4ccnc5ccccc45)n(-c4cccnc4)c3CCC12. The van der Waals surface area contributed by atoms with Gasteiger partial charge in [0.15, 0.2) is 5.78 Å². The van der Waals surface area contributed by atoms with Crippen molar-refractivity contribution in [3.05, 3.63) is 84.1 Å². The van der Waals surface area contributed by atoms with Gasteiger partial charge in [0.1, 0.15) is 11.9 Å². The fourth-order valence-electron chi connectivity index (χ4n) is 5.46. The highest BCUT2D eigenvalue weighted by atomic mass is 16.1. The summed E-state index contributed by atoms with van der Waals surface area (Å²) in [4.78, 5) is 26.7. The molecule has 0 N–H and O–H groups in total. The van der Waals surface area contributed by atoms with E-state index < -0.39 is 0 Å². The average molecular weight is 431 g/mol. The van der Waals surface area contributed by atoms with Crippen molar-refractivity contribution in [1.29, 1.82) is 5.26 Å². The molecule has 1 aromatic carbocycles. The molecular weight excluding hydrogens is 410 g/mol. The van der Waals surface area contributed by atoms with Gasteiger partial charge >= 0.3 is 0 Å². The zero-order valence-electron chi connectivity index (χ0n) is 18.1. The number of hydrogen-bond acceptors (Lipinski definition) is 5. The van der Waals surface area contributed by atoms with Crippen molar-refractivity contribution in [2.24, 2.45) is 11.8 Å². The molecular formula is C27H21N5O. The third-order valence-electron chi connectivity index (χ3n) is 7.08. The lowest BCUT2D eigenvalue weighted by molar-refractivity contribution is -0.120. The van der Waals surface area contributed by atoms with Crippen molar-refractivity contribution >= 4 is 16.7 Å². The van der Waals surface area contributed by atoms with E-state index in [2.05, 4.69) is 26.7 Å². The summed E-state index contributed by atoms with van der Waals surface area (Å²) < 4.78 is 2.20. The Balaban J connectivity index is 1.64. The standard InChI is InChI=1S/C27H21N5O/c1-16-19-8-9-24-25(22(19)13-17(14-28)26(16)33)31-27(32(24)18-5-4-11-29-15-18)21-10-12-30-23-7-3-2-6-20(21)23/h2-7,10-13,15-16,19,22H,8-9H2,1H3. The Morgan fingerprint density at radius 2 is 2.00 bits per heavy atom. The van der Waals surface area contributed by atoms with Crippen molar-refractivity contribution in [2.75, 3.05) is 0 Å². The van der Waals surface area contributed by atoms with E-state index in [1.807, 2.05) is 61.8 Å². The van der Waals surface area contributed by atoms with E-state index >= 15 is 0 Å². The van der Waals surface area contributed by atoms with Crippen molar-refractivity contribution in [3.8, 4) is 23.1 Å². The van der Waals surface area contributed by atoms with Gasteiger partial charge in [-0.3, -0.25) is 19.3 Å². The Morgan fingerprint density at radius 3 is 2.82 bits per heavy atom. The number of benzene rings is 1. The molecule has 0 fully saturated rings. The van der Waals surface area contributed by atoms with Crippen LogP contribution in [0.15, 0.2) is 72.7 Å². The summed E-state index contributed by atoms with van der Waals surface area (Å²) in [5, 5.41) is 10.6. The third-order valence-corrected chi connectivity index (χ3v) is 7.08. The van der Waals surface area contributed by atoms with Gasteiger partial charge in [-0.15, -0.1) is 0 Å². The number of nitrogens with zero attached hydrogens (tertiary/aromatic N) is 5. The number of para-hydroxylation sites is 1. The van der Waals surface area contributed by atoms with Crippen molar-refractivity contribution in [3.63, 3.8) is 0 Å². The van der Waals surface area contributed by atoms with Gasteiger partial charge < -0.3 is 0 Å². The van der Waals surface area contributed by atoms with Crippen molar-refractivity contribution in [1.82, 2.24) is 19.5 Å². The van der Waals surface area contributed by atoms with Gasteiger partial charge in [0.2, 0.25) is 0 Å². The molecule has 2 aliphatic carbocycles. The lowest BCUT2D eigenvalue weighted by atomic mass is 9.67. The smallest absolute Gasteiger partial charge is 0.176 e. The Bertz CT molecular complexity index is 1470. The van der Waals surface area contributed by atoms with E-state index in [1.54, 1.807) is 6.20 Å². The van der Waals surface area contributed by atoms with Crippen LogP contribution in [0.5, 0.6) is 0 Å². The topological polar surface area (TPSA) is 84.5 Å². The molecule has 0 radical (unpaired) electrons. The van der Waals surface area contributed by atoms with Gasteiger partial charge in [-0.2, -0.15) is 5.26 Å². The van der Waals surface area contributed by atoms with Crippen LogP contribution in [0, 0.1) is 23.2 Å². The number of rotatable bonds is 2. The number of nitriles is 1. The normalized spacial score (nSPS) is 21.8. The van der Waals surface area contributed by atoms with Crippen LogP contribution < -0.4 is 0 Å². The molecule has 160 valence electrons. The van der Waals surface area contributed by atoms with Crippen LogP contribution in [0.25, 0.3) is 28.0 Å². The van der Waals surface area contributed by atoms with E-state index in [1.165, 1.54) is 0 Å². The number of allylic oxidation sites excluding steroid dienone is 2. The van der Waals surface area contributed by atoms with Crippen LogP contribution >= 0.6 is 0 Å². The van der Waals surface area contributed by atoms with Gasteiger partial charge in [-0.1, -0.05) is 31.2 Å². The molecule has 0 amide bonds. The number of pyridine rings is 2. The maximum atomic E-state index is 12.7. The van der Waals surface area contributed by atoms with E-state index in [0.29, 0.717) is 0 Å². The minimum Gasteiger partial charge on any atom is -0.295 e. The van der Waals surface area contributed by atoms with Crippen LogP contribution in [-0.4, -0.2) is 25.3 Å². The van der Waals surface area contributed by atoms with E-state index in [0.717, 1.165) is 52.2 Å². The van der Waals surface area contributed by atoms with Crippen LogP contribution in [0.1, 0.15) is 30.7 Å². The minimum atomic E-state index is -0.184. The number of carbonyl (C=O) groups is 1. The molecule has 3 heterocycles. The van der Waals surface area contributed by atoms with Gasteiger partial charge in [-0.05, 0) is 43.0 Å². The second-order valence-corrected chi connectivity index (χ2v) is 8.76. The highest BCUT2D eigenvalue weighted by molar-refractivity contribution is 6.02. The zero-order valence-corrected chi connectivity index (χ0v) is 18.1. The molecule has 3 aromatic heterocycles. The Kier molecular flexibility index (Phi) is 4.44. The second-order valence-electron chi connectivity index (χ2n) is 8.76. The summed E-state index contributed by atoms with van der Waals surface area (Å²) in [5.74, 6) is 0.705. The Morgan fingerprint density at radius 1 is 1.12 bits per heavy atom. The number of fused-ring (bicyclic) bond motifs is 4. The molecule has 6 heteroatoms. The summed E-state index contributed by atoms with van der Waals surface area (Å²) in [5.41, 5.74) is 5.19. The van der Waals surface area contributed by atoms with Crippen LogP contribution in [0.3, 0.4) is 0 Å². The Labute approximate surface area is 191 Å². The summed E-state index contributed by atoms with van der Waals surface area (Å²) in [7, 11) is 0. The van der Waals surface area contributed by atoms with Crippen LogP contribution in [0.4, 0.5) is 0 Å². The quantitative estimate of drug-likeness (QED) is 0.455. The molecule has 2 aliphatic rings. The first-order valence-corrected chi connectivity index (χ1v) is 11.2. The van der Waals surface area contributed by atoms with Crippen molar-refractivity contribution in [2.45, 2.75) is 25.7 Å². The number of aromatic nitrogens is 4. The number of ketones is 1. The van der Waals surface area contributed by atoms with Gasteiger partial charge in [0.25, 0.3) is 0 Å². The molecule has 0 spiro atoms. The zero-order chi connectivity index (χ0) is 22.5. The fourth-order valence-corrected chi connectivity index (χ4v) is 5.46. The summed E-state index contributed by atoms with van der Waals surface area (Å²) in [6.07, 6.45) is 8.97. The first-order chi connectivity index (χ1) is 16.2. The van der Waals surface area contributed by atoms with Crippen LogP contribution in [-0.2, 0) is 11.2 Å². The largest absolute Gasteiger partial charge is 0.295 e. The first kappa shape index (κ1) is 19.6. The molecule has 33 heavy (non-hydrogen) atoms. The molecule has 0 bridgehead atoms. The highest BCUT2D eigenvalue weighted by Crippen LogP contribution is 2.47. The van der Waals surface area contributed by atoms with Crippen LogP contribution in [0.2, 0.25) is 0 Å². The van der Waals surface area contributed by atoms with E-state index in [-0.39, 0.29) is 29.1 Å². The van der Waals surface area contributed by atoms with Gasteiger partial charge in [0.05, 0.1) is 28.7 Å². The van der Waals surface area contributed by atoms with Gasteiger partial charge in [-0.25, -0.2) is 4.98 Å². The average Bonchev–Trinajstić information content (AvgIpc) is 3.26. The minimum absolute atomic E-state index is 0.0470. The predicted molar refractivity (Wildman–Crippen MR) is 125 cm³/mol. The number of hydrogen-bond donors (Lipinski definition) is 0. The fraction of sp³-hybridized carbons (Fsp3) is 0.222. The lowest BCUT2D eigenvalue weighted by Gasteiger charge is -2.36. The van der Waals surface area contributed by atoms with E-state index in [4.69, 9.17) is 4.98 Å². The Hall–Kier alpha value is -4.11. The monoisotopic (exact) mass is 431 g/mol. The number of carbonyl (C=O) groups excluding carboxylic acids is 1. The molecule has 0 saturated carbocycles. The molecule has 0 saturated heterocycles. The summed E-state index contributed by atoms with van der Waals surface area (Å²) in [6.45, 7) is 1.95. The number of Topliss-reactive ketones (excluding diaryl/α,β-unsaturated/α-hetero) is 1. The molecule has 4 aromatic rings. The van der Waals surface area contributed by atoms with Crippen molar-refractivity contribution < 1.29 is 4.79 Å². The lowest BCUT2D eigenvalue weighted by Crippen LogP contribution is -2.34. The maximum Gasteiger partial charge on any atom is 0.176 e. The molecule has 3 atom stereocenters. The summed E-state index contributed by atoms with van der Waals surface area (Å²) >= 11 is 0. The second kappa shape index (κ2) is 7.49. The summed E-state index contributed by atoms with van der Waals surface area (Å²) in [6, 6.07) is 16.1. The van der Waals surface area contributed by atoms with E-state index in [9.17, 15) is 10.1 Å². The third kappa shape index (κ3) is 2.93. The molecule has 3 unspecified atom stereocenters. The molecule has 6 nitrogen and oxygen atoms in total. The van der Waals surface area contributed by atoms with Gasteiger partial charge in [0, 0.05) is 40.9 Å².